The molecule has 0 saturated carbocycles. The monoisotopic (exact) mass is 463 g/mol. The molecule has 8 heteroatoms. The largest absolute Gasteiger partial charge is 0.383 e. The number of carbonyl (C=O) groups is 2. The molecule has 1 heterocycles. The summed E-state index contributed by atoms with van der Waals surface area (Å²) in [6.45, 7) is 8.67. The van der Waals surface area contributed by atoms with Gasteiger partial charge in [0, 0.05) is 30.8 Å². The van der Waals surface area contributed by atoms with Crippen LogP contribution in [-0.2, 0) is 14.9 Å². The Hall–Kier alpha value is -3.65. The number of aromatic nitrogens is 2. The van der Waals surface area contributed by atoms with Gasteiger partial charge in [-0.2, -0.15) is 5.10 Å². The zero-order chi connectivity index (χ0) is 24.7. The van der Waals surface area contributed by atoms with Crippen LogP contribution in [0.4, 0.5) is 16.3 Å². The lowest BCUT2D eigenvalue weighted by molar-refractivity contribution is -0.116. The van der Waals surface area contributed by atoms with E-state index in [4.69, 9.17) is 9.84 Å². The number of para-hydroxylation sites is 2. The molecule has 0 saturated heterocycles. The lowest BCUT2D eigenvalue weighted by Gasteiger charge is -2.22. The molecule has 3 aromatic rings. The van der Waals surface area contributed by atoms with Crippen LogP contribution < -0.4 is 10.6 Å². The molecular weight excluding hydrogens is 430 g/mol. The van der Waals surface area contributed by atoms with E-state index in [0.29, 0.717) is 18.1 Å². The highest BCUT2D eigenvalue weighted by Crippen LogP contribution is 2.27. The van der Waals surface area contributed by atoms with E-state index in [1.165, 1.54) is 4.90 Å². The number of amides is 3. The maximum absolute atomic E-state index is 13.1. The van der Waals surface area contributed by atoms with Crippen LogP contribution in [0.1, 0.15) is 32.0 Å². The average molecular weight is 464 g/mol. The van der Waals surface area contributed by atoms with Crippen LogP contribution in [0.15, 0.2) is 60.7 Å². The molecule has 0 spiro atoms. The van der Waals surface area contributed by atoms with Gasteiger partial charge in [-0.25, -0.2) is 9.48 Å². The lowest BCUT2D eigenvalue weighted by atomic mass is 9.92. The van der Waals surface area contributed by atoms with E-state index in [1.54, 1.807) is 23.9 Å². The topological polar surface area (TPSA) is 88.5 Å². The maximum atomic E-state index is 13.1. The van der Waals surface area contributed by atoms with Crippen LogP contribution in [0.3, 0.4) is 0 Å². The van der Waals surface area contributed by atoms with Crippen LogP contribution >= 0.6 is 0 Å². The highest BCUT2D eigenvalue weighted by molar-refractivity contribution is 5.96. The van der Waals surface area contributed by atoms with E-state index in [2.05, 4.69) is 31.4 Å². The number of hydrogen-bond donors (Lipinski definition) is 2. The van der Waals surface area contributed by atoms with Crippen molar-refractivity contribution in [1.82, 2.24) is 14.7 Å². The molecule has 0 fully saturated rings. The summed E-state index contributed by atoms with van der Waals surface area (Å²) in [6, 6.07) is 18.5. The highest BCUT2D eigenvalue weighted by Gasteiger charge is 2.23. The Kier molecular flexibility index (Phi) is 8.07. The molecule has 0 aliphatic carbocycles. The predicted molar refractivity (Wildman–Crippen MR) is 135 cm³/mol. The van der Waals surface area contributed by atoms with Gasteiger partial charge in [0.1, 0.15) is 12.4 Å². The zero-order valence-electron chi connectivity index (χ0n) is 20.5. The number of urea groups is 1. The van der Waals surface area contributed by atoms with Crippen LogP contribution in [0, 0.1) is 6.92 Å². The SMILES string of the molecule is COCCN(CC(=O)Nc1cc(C(C)(C)C)nn1-c1ccccc1C)C(=O)Nc1ccccc1. The summed E-state index contributed by atoms with van der Waals surface area (Å²) in [5.74, 6) is 0.230. The van der Waals surface area contributed by atoms with Crippen molar-refractivity contribution in [3.63, 3.8) is 0 Å². The third-order valence-corrected chi connectivity index (χ3v) is 5.30. The van der Waals surface area contributed by atoms with Gasteiger partial charge < -0.3 is 20.3 Å². The van der Waals surface area contributed by atoms with E-state index in [0.717, 1.165) is 16.9 Å². The van der Waals surface area contributed by atoms with Crippen LogP contribution in [0.5, 0.6) is 0 Å². The zero-order valence-corrected chi connectivity index (χ0v) is 20.5. The molecule has 3 rings (SSSR count). The number of nitrogens with zero attached hydrogens (tertiary/aromatic N) is 3. The molecule has 2 aromatic carbocycles. The molecule has 0 unspecified atom stereocenters. The van der Waals surface area contributed by atoms with E-state index in [1.807, 2.05) is 55.5 Å². The number of carbonyl (C=O) groups excluding carboxylic acids is 2. The van der Waals surface area contributed by atoms with Gasteiger partial charge in [-0.3, -0.25) is 4.79 Å². The first-order valence-electron chi connectivity index (χ1n) is 11.3. The lowest BCUT2D eigenvalue weighted by Crippen LogP contribution is -2.42. The Bertz CT molecular complexity index is 1120. The second-order valence-corrected chi connectivity index (χ2v) is 9.12. The first-order chi connectivity index (χ1) is 16.2. The summed E-state index contributed by atoms with van der Waals surface area (Å²) in [4.78, 5) is 27.3. The first kappa shape index (κ1) is 25.0. The third-order valence-electron chi connectivity index (χ3n) is 5.30. The molecule has 0 atom stereocenters. The van der Waals surface area contributed by atoms with Crippen molar-refractivity contribution in [2.24, 2.45) is 0 Å². The molecule has 180 valence electrons. The molecule has 0 bridgehead atoms. The number of benzene rings is 2. The Labute approximate surface area is 200 Å². The van der Waals surface area contributed by atoms with Gasteiger partial charge in [0.2, 0.25) is 5.91 Å². The van der Waals surface area contributed by atoms with Crippen molar-refractivity contribution in [3.8, 4) is 5.69 Å². The van der Waals surface area contributed by atoms with E-state index < -0.39 is 0 Å². The van der Waals surface area contributed by atoms with Crippen LogP contribution in [0.25, 0.3) is 5.69 Å². The number of aryl methyl sites for hydroxylation is 1. The van der Waals surface area contributed by atoms with Gasteiger partial charge >= 0.3 is 6.03 Å². The average Bonchev–Trinajstić information content (AvgIpc) is 3.21. The summed E-state index contributed by atoms with van der Waals surface area (Å²) < 4.78 is 6.88. The van der Waals surface area contributed by atoms with Crippen molar-refractivity contribution in [2.45, 2.75) is 33.1 Å². The Morgan fingerprint density at radius 3 is 2.35 bits per heavy atom. The van der Waals surface area contributed by atoms with E-state index in [-0.39, 0.29) is 30.4 Å². The number of rotatable bonds is 8. The van der Waals surface area contributed by atoms with Crippen molar-refractivity contribution in [3.05, 3.63) is 71.9 Å². The smallest absolute Gasteiger partial charge is 0.322 e. The minimum Gasteiger partial charge on any atom is -0.383 e. The maximum Gasteiger partial charge on any atom is 0.322 e. The molecular formula is C26H33N5O3. The molecule has 0 radical (unpaired) electrons. The fraction of sp³-hybridized carbons (Fsp3) is 0.346. The van der Waals surface area contributed by atoms with Crippen molar-refractivity contribution < 1.29 is 14.3 Å². The first-order valence-corrected chi connectivity index (χ1v) is 11.3. The van der Waals surface area contributed by atoms with Crippen molar-refractivity contribution in [1.29, 1.82) is 0 Å². The van der Waals surface area contributed by atoms with Gasteiger partial charge in [-0.05, 0) is 30.7 Å². The quantitative estimate of drug-likeness (QED) is 0.511. The fourth-order valence-corrected chi connectivity index (χ4v) is 3.35. The van der Waals surface area contributed by atoms with Gasteiger partial charge in [-0.1, -0.05) is 57.2 Å². The molecule has 8 nitrogen and oxygen atoms in total. The van der Waals surface area contributed by atoms with Gasteiger partial charge in [0.15, 0.2) is 0 Å². The standard InChI is InChI=1S/C26H33N5O3/c1-19-11-9-10-14-21(19)31-23(17-22(29-31)26(2,3)4)28-24(32)18-30(15-16-34-5)25(33)27-20-12-7-6-8-13-20/h6-14,17H,15-16,18H2,1-5H3,(H,27,33)(H,28,32). The minimum atomic E-state index is -0.374. The van der Waals surface area contributed by atoms with Gasteiger partial charge in [0.25, 0.3) is 0 Å². The second kappa shape index (κ2) is 11.0. The van der Waals surface area contributed by atoms with Gasteiger partial charge in [-0.15, -0.1) is 0 Å². The number of hydrogen-bond acceptors (Lipinski definition) is 4. The number of ether oxygens (including phenoxy) is 1. The van der Waals surface area contributed by atoms with E-state index >= 15 is 0 Å². The Balaban J connectivity index is 1.81. The molecule has 34 heavy (non-hydrogen) atoms. The van der Waals surface area contributed by atoms with Crippen molar-refractivity contribution >= 4 is 23.4 Å². The molecule has 0 aliphatic rings. The molecule has 1 aromatic heterocycles. The number of methoxy groups -OCH3 is 1. The minimum absolute atomic E-state index is 0.133. The Morgan fingerprint density at radius 2 is 1.71 bits per heavy atom. The summed E-state index contributed by atoms with van der Waals surface area (Å²) in [5, 5.41) is 10.6. The third kappa shape index (κ3) is 6.45. The highest BCUT2D eigenvalue weighted by atomic mass is 16.5. The predicted octanol–water partition coefficient (Wildman–Crippen LogP) is 4.60. The molecule has 0 aliphatic heterocycles. The fourth-order valence-electron chi connectivity index (χ4n) is 3.35. The normalized spacial score (nSPS) is 11.2. The summed E-state index contributed by atoms with van der Waals surface area (Å²) in [5.41, 5.74) is 3.22. The summed E-state index contributed by atoms with van der Waals surface area (Å²) in [6.07, 6.45) is 0. The molecule has 3 amide bonds. The Morgan fingerprint density at radius 1 is 1.03 bits per heavy atom. The summed E-state index contributed by atoms with van der Waals surface area (Å²) in [7, 11) is 1.56. The van der Waals surface area contributed by atoms with Crippen LogP contribution in [-0.4, -0.2) is 53.4 Å². The van der Waals surface area contributed by atoms with Crippen LogP contribution in [0.2, 0.25) is 0 Å². The van der Waals surface area contributed by atoms with Gasteiger partial charge in [0.05, 0.1) is 18.0 Å². The van der Waals surface area contributed by atoms with E-state index in [9.17, 15) is 9.59 Å². The summed E-state index contributed by atoms with van der Waals surface area (Å²) >= 11 is 0. The number of anilines is 2. The second-order valence-electron chi connectivity index (χ2n) is 9.12. The molecule has 2 N–H and O–H groups in total. The van der Waals surface area contributed by atoms with Crippen molar-refractivity contribution in [2.75, 3.05) is 37.4 Å². The number of nitrogens with one attached hydrogen (secondary N) is 2.